The predicted octanol–water partition coefficient (Wildman–Crippen LogP) is 0.0766. The van der Waals surface area contributed by atoms with Crippen LogP contribution in [0.3, 0.4) is 0 Å². The van der Waals surface area contributed by atoms with Gasteiger partial charge >= 0.3 is 0 Å². The minimum Gasteiger partial charge on any atom is -0.363 e. The average Bonchev–Trinajstić information content (AvgIpc) is 1.94. The number of aromatic nitrogens is 2. The van der Waals surface area contributed by atoms with Crippen LogP contribution in [-0.2, 0) is 0 Å². The summed E-state index contributed by atoms with van der Waals surface area (Å²) >= 11 is 0. The second-order valence-electron chi connectivity index (χ2n) is 2.36. The molecule has 0 bridgehead atoms. The van der Waals surface area contributed by atoms with Gasteiger partial charge in [0.05, 0.1) is 11.4 Å². The maximum absolute atomic E-state index is 8.78. The highest BCUT2D eigenvalue weighted by Crippen LogP contribution is 2.09. The fraction of sp³-hybridized carbons (Fsp3) is 0.429. The van der Waals surface area contributed by atoms with E-state index in [-0.39, 0.29) is 5.69 Å². The number of nitrogens with zero attached hydrogens (tertiary/aromatic N) is 2. The summed E-state index contributed by atoms with van der Waals surface area (Å²) in [6.45, 7) is 3.43. The van der Waals surface area contributed by atoms with Gasteiger partial charge in [0, 0.05) is 6.20 Å². The zero-order valence-electron chi connectivity index (χ0n) is 6.44. The molecule has 0 saturated carbocycles. The molecule has 0 aliphatic carbocycles. The van der Waals surface area contributed by atoms with Crippen LogP contribution in [0.15, 0.2) is 6.20 Å². The van der Waals surface area contributed by atoms with Crippen molar-refractivity contribution in [2.45, 2.75) is 20.1 Å². The molecule has 0 saturated heterocycles. The maximum Gasteiger partial charge on any atom is 0.197 e. The monoisotopic (exact) mass is 154 g/mol. The van der Waals surface area contributed by atoms with Crippen LogP contribution in [0, 0.1) is 13.8 Å². The summed E-state index contributed by atoms with van der Waals surface area (Å²) in [5.74, 6) is 0. The molecule has 1 aromatic rings. The highest BCUT2D eigenvalue weighted by Gasteiger charge is 2.08. The van der Waals surface area contributed by atoms with Gasteiger partial charge in [0.1, 0.15) is 5.69 Å². The standard InChI is InChI=1S/C7H10N2O2/c1-4-3-8-5(2)6(9-4)7(10)11/h3,7,10-11H,1-2H3. The second-order valence-corrected chi connectivity index (χ2v) is 2.36. The second kappa shape index (κ2) is 2.94. The van der Waals surface area contributed by atoms with Gasteiger partial charge in [0.15, 0.2) is 6.29 Å². The Kier molecular flexibility index (Phi) is 2.16. The Hall–Kier alpha value is -1.00. The summed E-state index contributed by atoms with van der Waals surface area (Å²) in [6.07, 6.45) is 0.0590. The van der Waals surface area contributed by atoms with Gasteiger partial charge < -0.3 is 10.2 Å². The smallest absolute Gasteiger partial charge is 0.197 e. The topological polar surface area (TPSA) is 66.2 Å². The molecule has 0 aromatic carbocycles. The molecule has 0 atom stereocenters. The average molecular weight is 154 g/mol. The van der Waals surface area contributed by atoms with Crippen molar-refractivity contribution < 1.29 is 10.2 Å². The number of aliphatic hydroxyl groups excluding tert-OH is 1. The SMILES string of the molecule is Cc1cnc(C)c(C(O)O)n1. The van der Waals surface area contributed by atoms with E-state index in [1.54, 1.807) is 20.0 Å². The lowest BCUT2D eigenvalue weighted by Gasteiger charge is -2.05. The molecule has 1 heterocycles. The van der Waals surface area contributed by atoms with Crippen LogP contribution in [-0.4, -0.2) is 20.2 Å². The summed E-state index contributed by atoms with van der Waals surface area (Å²) in [5, 5.41) is 17.6. The first-order chi connectivity index (χ1) is 5.11. The summed E-state index contributed by atoms with van der Waals surface area (Å²) in [7, 11) is 0. The Bertz CT molecular complexity index is 261. The van der Waals surface area contributed by atoms with Crippen molar-refractivity contribution in [3.05, 3.63) is 23.3 Å². The van der Waals surface area contributed by atoms with Crippen LogP contribution in [0.2, 0.25) is 0 Å². The third-order valence-electron chi connectivity index (χ3n) is 1.36. The molecule has 0 unspecified atom stereocenters. The molecule has 1 rings (SSSR count). The number of rotatable bonds is 1. The first-order valence-corrected chi connectivity index (χ1v) is 3.27. The van der Waals surface area contributed by atoms with E-state index in [4.69, 9.17) is 10.2 Å². The highest BCUT2D eigenvalue weighted by molar-refractivity contribution is 5.12. The van der Waals surface area contributed by atoms with Gasteiger partial charge in [-0.2, -0.15) is 0 Å². The largest absolute Gasteiger partial charge is 0.363 e. The molecule has 1 aromatic heterocycles. The maximum atomic E-state index is 8.78. The van der Waals surface area contributed by atoms with Crippen molar-refractivity contribution >= 4 is 0 Å². The zero-order chi connectivity index (χ0) is 8.43. The summed E-state index contributed by atoms with van der Waals surface area (Å²) in [5.41, 5.74) is 1.45. The molecule has 0 aliphatic heterocycles. The molecular weight excluding hydrogens is 144 g/mol. The van der Waals surface area contributed by atoms with E-state index in [1.807, 2.05) is 0 Å². The normalized spacial score (nSPS) is 10.6. The van der Waals surface area contributed by atoms with E-state index in [1.165, 1.54) is 0 Å². The molecule has 60 valence electrons. The van der Waals surface area contributed by atoms with Crippen LogP contribution >= 0.6 is 0 Å². The van der Waals surface area contributed by atoms with Gasteiger partial charge in [-0.05, 0) is 13.8 Å². The molecule has 4 heteroatoms. The zero-order valence-corrected chi connectivity index (χ0v) is 6.44. The number of aryl methyl sites for hydroxylation is 2. The van der Waals surface area contributed by atoms with Crippen LogP contribution < -0.4 is 0 Å². The minimum absolute atomic E-state index is 0.227. The van der Waals surface area contributed by atoms with Crippen LogP contribution in [0.4, 0.5) is 0 Å². The lowest BCUT2D eigenvalue weighted by atomic mass is 10.3. The first-order valence-electron chi connectivity index (χ1n) is 3.27. The fourth-order valence-electron chi connectivity index (χ4n) is 0.801. The van der Waals surface area contributed by atoms with Crippen molar-refractivity contribution in [3.8, 4) is 0 Å². The predicted molar refractivity (Wildman–Crippen MR) is 38.7 cm³/mol. The highest BCUT2D eigenvalue weighted by atomic mass is 16.5. The molecule has 11 heavy (non-hydrogen) atoms. The van der Waals surface area contributed by atoms with Crippen molar-refractivity contribution in [3.63, 3.8) is 0 Å². The minimum atomic E-state index is -1.53. The van der Waals surface area contributed by atoms with E-state index < -0.39 is 6.29 Å². The van der Waals surface area contributed by atoms with Crippen molar-refractivity contribution in [2.24, 2.45) is 0 Å². The summed E-state index contributed by atoms with van der Waals surface area (Å²) in [4.78, 5) is 7.83. The Morgan fingerprint density at radius 3 is 2.45 bits per heavy atom. The van der Waals surface area contributed by atoms with Crippen molar-refractivity contribution in [1.29, 1.82) is 0 Å². The molecule has 0 amide bonds. The molecule has 0 radical (unpaired) electrons. The van der Waals surface area contributed by atoms with Gasteiger partial charge in [-0.3, -0.25) is 4.98 Å². The van der Waals surface area contributed by atoms with Crippen LogP contribution in [0.5, 0.6) is 0 Å². The fourth-order valence-corrected chi connectivity index (χ4v) is 0.801. The first kappa shape index (κ1) is 8.10. The number of aliphatic hydroxyl groups is 2. The molecule has 0 spiro atoms. The van der Waals surface area contributed by atoms with E-state index >= 15 is 0 Å². The number of hydrogen-bond acceptors (Lipinski definition) is 4. The molecule has 0 aliphatic rings. The Morgan fingerprint density at radius 1 is 1.36 bits per heavy atom. The summed E-state index contributed by atoms with van der Waals surface area (Å²) < 4.78 is 0. The lowest BCUT2D eigenvalue weighted by molar-refractivity contribution is -0.0467. The molecule has 2 N–H and O–H groups in total. The van der Waals surface area contributed by atoms with Crippen molar-refractivity contribution in [2.75, 3.05) is 0 Å². The van der Waals surface area contributed by atoms with E-state index in [2.05, 4.69) is 9.97 Å². The molecular formula is C7H10N2O2. The third kappa shape index (κ3) is 1.72. The summed E-state index contributed by atoms with van der Waals surface area (Å²) in [6, 6.07) is 0. The van der Waals surface area contributed by atoms with Crippen LogP contribution in [0.25, 0.3) is 0 Å². The lowest BCUT2D eigenvalue weighted by Crippen LogP contribution is -2.04. The molecule has 0 fully saturated rings. The van der Waals surface area contributed by atoms with Gasteiger partial charge in [0.2, 0.25) is 0 Å². The van der Waals surface area contributed by atoms with Gasteiger partial charge in [-0.1, -0.05) is 0 Å². The Balaban J connectivity index is 3.13. The van der Waals surface area contributed by atoms with E-state index in [9.17, 15) is 0 Å². The third-order valence-corrected chi connectivity index (χ3v) is 1.36. The Labute approximate surface area is 64.6 Å². The van der Waals surface area contributed by atoms with Gasteiger partial charge in [-0.25, -0.2) is 4.98 Å². The van der Waals surface area contributed by atoms with Gasteiger partial charge in [0.25, 0.3) is 0 Å². The Morgan fingerprint density at radius 2 is 2.00 bits per heavy atom. The quantitative estimate of drug-likeness (QED) is 0.562. The van der Waals surface area contributed by atoms with Gasteiger partial charge in [-0.15, -0.1) is 0 Å². The van der Waals surface area contributed by atoms with Crippen molar-refractivity contribution in [1.82, 2.24) is 9.97 Å². The molecule has 4 nitrogen and oxygen atoms in total. The van der Waals surface area contributed by atoms with E-state index in [0.717, 1.165) is 0 Å². The van der Waals surface area contributed by atoms with Crippen LogP contribution in [0.1, 0.15) is 23.4 Å². The van der Waals surface area contributed by atoms with E-state index in [0.29, 0.717) is 11.4 Å². The number of hydrogen-bond donors (Lipinski definition) is 2.